The number of benzene rings is 2. The minimum Gasteiger partial charge on any atom is -0.460 e. The number of thiazole rings is 1. The third-order valence-electron chi connectivity index (χ3n) is 6.44. The Kier molecular flexibility index (Phi) is 9.90. The minimum absolute atomic E-state index is 0.000854. The number of oxazole rings is 1. The van der Waals surface area contributed by atoms with Crippen LogP contribution in [0.15, 0.2) is 69.6 Å². The molecule has 2 atom stereocenters. The number of hydrogen-bond acceptors (Lipinski definition) is 10. The summed E-state index contributed by atoms with van der Waals surface area (Å²) in [6, 6.07) is 14.0. The van der Waals surface area contributed by atoms with E-state index in [1.165, 1.54) is 27.8 Å². The summed E-state index contributed by atoms with van der Waals surface area (Å²) >= 11 is 1.40. The summed E-state index contributed by atoms with van der Waals surface area (Å²) in [5.74, 6) is -0.773. The van der Waals surface area contributed by atoms with Gasteiger partial charge >= 0.3 is 5.97 Å². The number of nitrogen functional groups attached to an aromatic ring is 1. The highest BCUT2D eigenvalue weighted by Crippen LogP contribution is 2.26. The second kappa shape index (κ2) is 13.4. The smallest absolute Gasteiger partial charge is 0.306 e. The Morgan fingerprint density at radius 2 is 1.95 bits per heavy atom. The normalized spacial score (nSPS) is 13.6. The third kappa shape index (κ3) is 7.87. The van der Waals surface area contributed by atoms with Gasteiger partial charge in [0.05, 0.1) is 21.4 Å². The van der Waals surface area contributed by atoms with Crippen molar-refractivity contribution in [3.05, 3.63) is 70.7 Å². The average Bonchev–Trinajstić information content (AvgIpc) is 3.58. The summed E-state index contributed by atoms with van der Waals surface area (Å²) in [6.07, 6.45) is 1.51. The van der Waals surface area contributed by atoms with E-state index < -0.39 is 16.1 Å². The van der Waals surface area contributed by atoms with Crippen molar-refractivity contribution in [2.45, 2.75) is 50.7 Å². The molecule has 2 heterocycles. The van der Waals surface area contributed by atoms with Crippen molar-refractivity contribution in [1.29, 1.82) is 0 Å². The van der Waals surface area contributed by atoms with E-state index >= 15 is 0 Å². The lowest BCUT2D eigenvalue weighted by molar-refractivity contribution is -0.145. The fourth-order valence-corrected chi connectivity index (χ4v) is 6.60. The van der Waals surface area contributed by atoms with Crippen molar-refractivity contribution in [2.75, 3.05) is 18.8 Å². The minimum atomic E-state index is -4.00. The van der Waals surface area contributed by atoms with Crippen LogP contribution in [0.1, 0.15) is 37.1 Å². The lowest BCUT2D eigenvalue weighted by Gasteiger charge is -2.30. The molecular formula is C28H34N4O6S2. The second-order valence-electron chi connectivity index (χ2n) is 10.1. The van der Waals surface area contributed by atoms with E-state index in [-0.39, 0.29) is 60.4 Å². The van der Waals surface area contributed by atoms with E-state index in [1.807, 2.05) is 44.2 Å². The van der Waals surface area contributed by atoms with Gasteiger partial charge in [-0.15, -0.1) is 11.3 Å². The maximum atomic E-state index is 13.7. The fourth-order valence-electron chi connectivity index (χ4n) is 4.46. The number of anilines is 1. The van der Waals surface area contributed by atoms with Crippen molar-refractivity contribution in [3.8, 4) is 0 Å². The van der Waals surface area contributed by atoms with Gasteiger partial charge < -0.3 is 20.0 Å². The van der Waals surface area contributed by atoms with Crippen molar-refractivity contribution in [1.82, 2.24) is 14.3 Å². The zero-order valence-corrected chi connectivity index (χ0v) is 24.1. The Labute approximate surface area is 237 Å². The molecule has 2 aromatic carbocycles. The molecule has 0 aliphatic rings. The third-order valence-corrected chi connectivity index (χ3v) is 9.02. The van der Waals surface area contributed by atoms with E-state index in [1.54, 1.807) is 17.8 Å². The lowest BCUT2D eigenvalue weighted by atomic mass is 9.89. The number of sulfonamides is 1. The number of aromatic nitrogens is 2. The van der Waals surface area contributed by atoms with Gasteiger partial charge in [-0.3, -0.25) is 9.78 Å². The molecule has 0 aliphatic carbocycles. The Morgan fingerprint density at radius 3 is 2.65 bits per heavy atom. The topological polar surface area (TPSA) is 149 Å². The van der Waals surface area contributed by atoms with E-state index in [0.717, 1.165) is 10.4 Å². The molecule has 214 valence electrons. The molecule has 4 aromatic rings. The van der Waals surface area contributed by atoms with Gasteiger partial charge in [0.2, 0.25) is 10.0 Å². The number of esters is 1. The molecule has 0 aliphatic heterocycles. The Hall–Kier alpha value is -3.32. The zero-order chi connectivity index (χ0) is 28.7. The van der Waals surface area contributed by atoms with Crippen molar-refractivity contribution in [3.63, 3.8) is 0 Å². The van der Waals surface area contributed by atoms with Crippen LogP contribution in [-0.2, 0) is 32.6 Å². The summed E-state index contributed by atoms with van der Waals surface area (Å²) in [5, 5.41) is 11.4. The Bertz CT molecular complexity index is 1490. The van der Waals surface area contributed by atoms with Crippen molar-refractivity contribution >= 4 is 44.4 Å². The molecule has 0 bridgehead atoms. The first-order valence-corrected chi connectivity index (χ1v) is 15.3. The molecule has 12 heteroatoms. The molecule has 0 unspecified atom stereocenters. The van der Waals surface area contributed by atoms with Crippen LogP contribution < -0.4 is 5.73 Å². The van der Waals surface area contributed by atoms with Crippen LogP contribution in [0.25, 0.3) is 11.1 Å². The fraction of sp³-hybridized carbons (Fsp3) is 0.393. The number of fused-ring (bicyclic) bond motifs is 1. The van der Waals surface area contributed by atoms with Crippen molar-refractivity contribution in [2.24, 2.45) is 11.8 Å². The van der Waals surface area contributed by atoms with E-state index in [4.69, 9.17) is 14.9 Å². The number of aliphatic hydroxyl groups excluding tert-OH is 1. The molecule has 0 saturated heterocycles. The Morgan fingerprint density at radius 1 is 1.18 bits per heavy atom. The van der Waals surface area contributed by atoms with Crippen LogP contribution in [0.3, 0.4) is 0 Å². The summed E-state index contributed by atoms with van der Waals surface area (Å²) in [5.41, 5.74) is 9.00. The van der Waals surface area contributed by atoms with Crippen LogP contribution in [0.4, 0.5) is 6.01 Å². The molecular weight excluding hydrogens is 552 g/mol. The summed E-state index contributed by atoms with van der Waals surface area (Å²) in [6.45, 7) is 4.04. The molecule has 0 spiro atoms. The van der Waals surface area contributed by atoms with Gasteiger partial charge in [0.25, 0.3) is 6.01 Å². The summed E-state index contributed by atoms with van der Waals surface area (Å²) < 4.78 is 39.5. The van der Waals surface area contributed by atoms with Crippen LogP contribution in [0.5, 0.6) is 0 Å². The number of rotatable bonds is 14. The lowest BCUT2D eigenvalue weighted by Crippen LogP contribution is -2.42. The zero-order valence-electron chi connectivity index (χ0n) is 22.5. The molecule has 0 fully saturated rings. The number of aliphatic hydroxyl groups is 1. The molecule has 10 nitrogen and oxygen atoms in total. The number of nitrogens with zero attached hydrogens (tertiary/aromatic N) is 3. The van der Waals surface area contributed by atoms with Gasteiger partial charge in [-0.05, 0) is 42.4 Å². The number of carbonyl (C=O) groups excluding carboxylic acids is 1. The quantitative estimate of drug-likeness (QED) is 0.207. The van der Waals surface area contributed by atoms with Crippen LogP contribution in [0.2, 0.25) is 0 Å². The van der Waals surface area contributed by atoms with Gasteiger partial charge in [-0.2, -0.15) is 9.29 Å². The largest absolute Gasteiger partial charge is 0.460 e. The molecule has 3 N–H and O–H groups in total. The highest BCUT2D eigenvalue weighted by atomic mass is 32.2. The highest BCUT2D eigenvalue weighted by Gasteiger charge is 2.31. The monoisotopic (exact) mass is 586 g/mol. The standard InChI is InChI=1S/C28H34N4O6S2/c1-19(2)15-32(40(35,36)23-9-10-24-26(13-23)38-28(29)31-24)16-25(33)21(12-20-6-4-3-5-7-20)8-11-27(34)37-17-22-14-30-18-39-22/h3-7,9-10,13-14,18-19,21,25,33H,8,11-12,15-17H2,1-2H3,(H2,29,31)/t21-,25+/m1/s1. The van der Waals surface area contributed by atoms with Crippen LogP contribution in [0, 0.1) is 11.8 Å². The molecule has 0 amide bonds. The van der Waals surface area contributed by atoms with Gasteiger partial charge in [-0.25, -0.2) is 8.42 Å². The maximum absolute atomic E-state index is 13.7. The first-order chi connectivity index (χ1) is 19.1. The van der Waals surface area contributed by atoms with E-state index in [2.05, 4.69) is 9.97 Å². The molecule has 4 rings (SSSR count). The van der Waals surface area contributed by atoms with Crippen LogP contribution in [-0.4, -0.2) is 53.0 Å². The molecule has 2 aromatic heterocycles. The molecule has 0 radical (unpaired) electrons. The first kappa shape index (κ1) is 29.7. The van der Waals surface area contributed by atoms with E-state index in [9.17, 15) is 18.3 Å². The average molecular weight is 587 g/mol. The summed E-state index contributed by atoms with van der Waals surface area (Å²) in [7, 11) is -4.00. The predicted molar refractivity (Wildman–Crippen MR) is 153 cm³/mol. The van der Waals surface area contributed by atoms with Gasteiger partial charge in [0.1, 0.15) is 12.1 Å². The number of nitrogens with two attached hydrogens (primary N) is 1. The van der Waals surface area contributed by atoms with Crippen LogP contribution >= 0.6 is 11.3 Å². The predicted octanol–water partition coefficient (Wildman–Crippen LogP) is 4.26. The second-order valence-corrected chi connectivity index (χ2v) is 13.0. The van der Waals surface area contributed by atoms with Crippen molar-refractivity contribution < 1.29 is 27.5 Å². The van der Waals surface area contributed by atoms with E-state index in [0.29, 0.717) is 18.4 Å². The maximum Gasteiger partial charge on any atom is 0.306 e. The molecule has 40 heavy (non-hydrogen) atoms. The Balaban J connectivity index is 1.51. The number of hydrogen-bond donors (Lipinski definition) is 2. The highest BCUT2D eigenvalue weighted by molar-refractivity contribution is 7.89. The van der Waals surface area contributed by atoms with Gasteiger partial charge in [0.15, 0.2) is 5.58 Å². The first-order valence-electron chi connectivity index (χ1n) is 13.0. The van der Waals surface area contributed by atoms with Gasteiger partial charge in [-0.1, -0.05) is 44.2 Å². The van der Waals surface area contributed by atoms with Gasteiger partial charge in [0, 0.05) is 31.8 Å². The number of ether oxygens (including phenoxy) is 1. The number of carbonyl (C=O) groups is 1. The molecule has 0 saturated carbocycles. The summed E-state index contributed by atoms with van der Waals surface area (Å²) in [4.78, 5) is 21.4. The SMILES string of the molecule is CC(C)CN(C[C@H](O)[C@H](CCC(=O)OCc1cncs1)Cc1ccccc1)S(=O)(=O)c1ccc2nc(N)oc2c1.